The van der Waals surface area contributed by atoms with Crippen molar-refractivity contribution < 1.29 is 14.7 Å². The van der Waals surface area contributed by atoms with Gasteiger partial charge < -0.3 is 10.4 Å². The van der Waals surface area contributed by atoms with Crippen LogP contribution in [0.15, 0.2) is 28.2 Å². The number of carbonyl (C=O) groups excluding carboxylic acids is 1. The van der Waals surface area contributed by atoms with E-state index in [1.54, 1.807) is 18.2 Å². The van der Waals surface area contributed by atoms with Crippen molar-refractivity contribution in [2.45, 2.75) is 18.0 Å². The quantitative estimate of drug-likeness (QED) is 0.606. The molecule has 2 aromatic rings. The molecule has 0 aliphatic rings. The number of nitrogens with zero attached hydrogens (tertiary/aromatic N) is 2. The van der Waals surface area contributed by atoms with E-state index in [-0.39, 0.29) is 40.4 Å². The van der Waals surface area contributed by atoms with E-state index in [1.165, 1.54) is 0 Å². The molecule has 132 valence electrons. The highest BCUT2D eigenvalue weighted by Gasteiger charge is 2.11. The Balaban J connectivity index is 1.93. The van der Waals surface area contributed by atoms with Crippen LogP contribution in [0.4, 0.5) is 5.69 Å². The maximum absolute atomic E-state index is 11.9. The van der Waals surface area contributed by atoms with Crippen LogP contribution in [0.3, 0.4) is 0 Å². The second kappa shape index (κ2) is 8.84. The molecule has 0 fully saturated rings. The molecular weight excluding hydrogens is 391 g/mol. The number of anilines is 1. The van der Waals surface area contributed by atoms with Gasteiger partial charge in [-0.2, -0.15) is 0 Å². The van der Waals surface area contributed by atoms with Crippen LogP contribution in [-0.4, -0.2) is 37.9 Å². The SMILES string of the molecule is O=C(O)CCc1nnc(SCC(=O)Nc2cccc(Cl)c2Cl)[nH]c1=O. The largest absolute Gasteiger partial charge is 0.481 e. The summed E-state index contributed by atoms with van der Waals surface area (Å²) in [4.78, 5) is 36.7. The van der Waals surface area contributed by atoms with Crippen LogP contribution in [0.2, 0.25) is 10.0 Å². The smallest absolute Gasteiger partial charge is 0.303 e. The van der Waals surface area contributed by atoms with E-state index in [2.05, 4.69) is 20.5 Å². The summed E-state index contributed by atoms with van der Waals surface area (Å²) >= 11 is 12.8. The number of thioether (sulfide) groups is 1. The normalized spacial score (nSPS) is 10.5. The van der Waals surface area contributed by atoms with E-state index in [4.69, 9.17) is 28.3 Å². The first-order valence-corrected chi connectivity index (χ1v) is 8.65. The number of halogens is 2. The highest BCUT2D eigenvalue weighted by atomic mass is 35.5. The Bertz CT molecular complexity index is 859. The molecule has 2 rings (SSSR count). The van der Waals surface area contributed by atoms with Gasteiger partial charge in [-0.3, -0.25) is 19.4 Å². The van der Waals surface area contributed by atoms with Crippen molar-refractivity contribution in [1.82, 2.24) is 15.2 Å². The molecule has 0 unspecified atom stereocenters. The van der Waals surface area contributed by atoms with Gasteiger partial charge in [-0.15, -0.1) is 10.2 Å². The molecule has 0 aliphatic heterocycles. The standard InChI is InChI=1S/C14H12Cl2N4O4S/c15-7-2-1-3-8(12(7)16)17-10(21)6-25-14-18-13(24)9(19-20-14)4-5-11(22)23/h1-3H,4-6H2,(H,17,21)(H,22,23)(H,18,20,24). The van der Waals surface area contributed by atoms with Gasteiger partial charge in [-0.05, 0) is 12.1 Å². The molecule has 1 heterocycles. The lowest BCUT2D eigenvalue weighted by Gasteiger charge is -2.07. The first-order valence-electron chi connectivity index (χ1n) is 6.91. The van der Waals surface area contributed by atoms with Gasteiger partial charge in [-0.25, -0.2) is 0 Å². The van der Waals surface area contributed by atoms with Gasteiger partial charge in [0.15, 0.2) is 5.16 Å². The third-order valence-electron chi connectivity index (χ3n) is 2.89. The summed E-state index contributed by atoms with van der Waals surface area (Å²) in [7, 11) is 0. The summed E-state index contributed by atoms with van der Waals surface area (Å²) in [5, 5.41) is 19.4. The summed E-state index contributed by atoms with van der Waals surface area (Å²) in [5.41, 5.74) is -0.123. The zero-order chi connectivity index (χ0) is 18.4. The van der Waals surface area contributed by atoms with Crippen LogP contribution in [0.25, 0.3) is 0 Å². The van der Waals surface area contributed by atoms with E-state index in [9.17, 15) is 14.4 Å². The Morgan fingerprint density at radius 1 is 1.28 bits per heavy atom. The molecule has 0 saturated carbocycles. The number of H-pyrrole nitrogens is 1. The Morgan fingerprint density at radius 3 is 2.72 bits per heavy atom. The number of benzene rings is 1. The number of carboxylic acids is 1. The molecule has 25 heavy (non-hydrogen) atoms. The van der Waals surface area contributed by atoms with Gasteiger partial charge in [0.05, 0.1) is 27.9 Å². The van der Waals surface area contributed by atoms with Gasteiger partial charge >= 0.3 is 5.97 Å². The van der Waals surface area contributed by atoms with E-state index in [1.807, 2.05) is 0 Å². The second-order valence-corrected chi connectivity index (χ2v) is 6.49. The molecular formula is C14H12Cl2N4O4S. The van der Waals surface area contributed by atoms with Crippen LogP contribution in [0.5, 0.6) is 0 Å². The minimum absolute atomic E-state index is 0.0175. The summed E-state index contributed by atoms with van der Waals surface area (Å²) < 4.78 is 0. The van der Waals surface area contributed by atoms with E-state index in [0.717, 1.165) is 11.8 Å². The van der Waals surface area contributed by atoms with Crippen molar-refractivity contribution in [1.29, 1.82) is 0 Å². The number of carbonyl (C=O) groups is 2. The molecule has 0 radical (unpaired) electrons. The number of aromatic nitrogens is 3. The monoisotopic (exact) mass is 402 g/mol. The lowest BCUT2D eigenvalue weighted by molar-refractivity contribution is -0.137. The average Bonchev–Trinajstić information content (AvgIpc) is 2.56. The minimum atomic E-state index is -1.03. The number of carboxylic acid groups (broad SMARTS) is 1. The average molecular weight is 403 g/mol. The highest BCUT2D eigenvalue weighted by Crippen LogP contribution is 2.29. The lowest BCUT2D eigenvalue weighted by Crippen LogP contribution is -2.20. The summed E-state index contributed by atoms with van der Waals surface area (Å²) in [5.74, 6) is -1.44. The minimum Gasteiger partial charge on any atom is -0.481 e. The number of rotatable bonds is 7. The van der Waals surface area contributed by atoms with Crippen LogP contribution in [-0.2, 0) is 16.0 Å². The summed E-state index contributed by atoms with van der Waals surface area (Å²) in [6, 6.07) is 4.85. The van der Waals surface area contributed by atoms with E-state index in [0.29, 0.717) is 10.7 Å². The number of aliphatic carboxylic acids is 1. The van der Waals surface area contributed by atoms with E-state index >= 15 is 0 Å². The van der Waals surface area contributed by atoms with Crippen molar-refractivity contribution in [3.8, 4) is 0 Å². The molecule has 0 atom stereocenters. The van der Waals surface area contributed by atoms with Gasteiger partial charge in [0.2, 0.25) is 5.91 Å². The molecule has 0 aliphatic carbocycles. The van der Waals surface area contributed by atoms with Crippen molar-refractivity contribution in [3.63, 3.8) is 0 Å². The van der Waals surface area contributed by atoms with Crippen molar-refractivity contribution >= 4 is 52.5 Å². The Kier molecular flexibility index (Phi) is 6.80. The lowest BCUT2D eigenvalue weighted by atomic mass is 10.2. The number of aryl methyl sites for hydroxylation is 1. The Labute approximate surface area is 155 Å². The topological polar surface area (TPSA) is 125 Å². The van der Waals surface area contributed by atoms with Crippen molar-refractivity contribution in [2.24, 2.45) is 0 Å². The first-order chi connectivity index (χ1) is 11.9. The number of aromatic amines is 1. The van der Waals surface area contributed by atoms with Crippen LogP contribution < -0.4 is 10.9 Å². The Morgan fingerprint density at radius 2 is 2.04 bits per heavy atom. The summed E-state index contributed by atoms with van der Waals surface area (Å²) in [6.07, 6.45) is -0.233. The Hall–Kier alpha value is -2.10. The predicted molar refractivity (Wildman–Crippen MR) is 94.4 cm³/mol. The molecule has 0 saturated heterocycles. The molecule has 0 bridgehead atoms. The van der Waals surface area contributed by atoms with Crippen LogP contribution >= 0.6 is 35.0 Å². The molecule has 1 aromatic carbocycles. The number of nitrogens with one attached hydrogen (secondary N) is 2. The number of hydrogen-bond donors (Lipinski definition) is 3. The molecule has 8 nitrogen and oxygen atoms in total. The highest BCUT2D eigenvalue weighted by molar-refractivity contribution is 7.99. The van der Waals surface area contributed by atoms with Crippen molar-refractivity contribution in [3.05, 3.63) is 44.3 Å². The fraction of sp³-hybridized carbons (Fsp3) is 0.214. The molecule has 1 aromatic heterocycles. The summed E-state index contributed by atoms with van der Waals surface area (Å²) in [6.45, 7) is 0. The maximum atomic E-state index is 11.9. The van der Waals surface area contributed by atoms with Crippen LogP contribution in [0.1, 0.15) is 12.1 Å². The molecule has 11 heteroatoms. The predicted octanol–water partition coefficient (Wildman–Crippen LogP) is 2.22. The van der Waals surface area contributed by atoms with Gasteiger partial charge in [0.25, 0.3) is 5.56 Å². The zero-order valence-corrected chi connectivity index (χ0v) is 14.9. The molecule has 3 N–H and O–H groups in total. The number of amides is 1. The second-order valence-electron chi connectivity index (χ2n) is 4.74. The third-order valence-corrected chi connectivity index (χ3v) is 4.57. The van der Waals surface area contributed by atoms with Gasteiger partial charge in [0, 0.05) is 6.42 Å². The van der Waals surface area contributed by atoms with E-state index < -0.39 is 11.5 Å². The molecule has 0 spiro atoms. The maximum Gasteiger partial charge on any atom is 0.303 e. The van der Waals surface area contributed by atoms with Crippen LogP contribution in [0, 0.1) is 0 Å². The fourth-order valence-electron chi connectivity index (χ4n) is 1.72. The van der Waals surface area contributed by atoms with Crippen molar-refractivity contribution in [2.75, 3.05) is 11.1 Å². The molecule has 1 amide bonds. The number of hydrogen-bond acceptors (Lipinski definition) is 6. The first kappa shape index (κ1) is 19.2. The fourth-order valence-corrected chi connectivity index (χ4v) is 2.67. The third kappa shape index (κ3) is 5.73. The zero-order valence-electron chi connectivity index (χ0n) is 12.6. The van der Waals surface area contributed by atoms with Gasteiger partial charge in [-0.1, -0.05) is 41.0 Å². The van der Waals surface area contributed by atoms with Gasteiger partial charge in [0.1, 0.15) is 5.69 Å².